The first-order chi connectivity index (χ1) is 9.13. The summed E-state index contributed by atoms with van der Waals surface area (Å²) in [6.07, 6.45) is 2.84. The number of ether oxygens (including phenoxy) is 1. The van der Waals surface area contributed by atoms with Crippen LogP contribution in [0.2, 0.25) is 0 Å². The third-order valence-corrected chi connectivity index (χ3v) is 2.81. The summed E-state index contributed by atoms with van der Waals surface area (Å²) in [4.78, 5) is 25.3. The summed E-state index contributed by atoms with van der Waals surface area (Å²) >= 11 is 0. The highest BCUT2D eigenvalue weighted by atomic mass is 16.5. The van der Waals surface area contributed by atoms with Gasteiger partial charge in [-0.05, 0) is 32.4 Å². The van der Waals surface area contributed by atoms with Crippen LogP contribution in [0.4, 0.5) is 0 Å². The van der Waals surface area contributed by atoms with Crippen molar-refractivity contribution in [1.29, 1.82) is 0 Å². The second-order valence-electron chi connectivity index (χ2n) is 4.21. The van der Waals surface area contributed by atoms with Crippen molar-refractivity contribution in [2.24, 2.45) is 0 Å². The minimum atomic E-state index is -0.369. The van der Waals surface area contributed by atoms with Crippen LogP contribution < -0.4 is 0 Å². The number of nitrogens with zero attached hydrogens (tertiary/aromatic N) is 2. The van der Waals surface area contributed by atoms with Gasteiger partial charge in [-0.3, -0.25) is 9.59 Å². The molecule has 19 heavy (non-hydrogen) atoms. The smallest absolute Gasteiger partial charge is 0.325 e. The number of hydrogen-bond donors (Lipinski definition) is 0. The van der Waals surface area contributed by atoms with Gasteiger partial charge in [0.1, 0.15) is 12.2 Å². The van der Waals surface area contributed by atoms with Gasteiger partial charge < -0.3 is 14.2 Å². The van der Waals surface area contributed by atoms with E-state index in [1.165, 1.54) is 4.90 Å². The van der Waals surface area contributed by atoms with Crippen LogP contribution in [0.3, 0.4) is 0 Å². The Balaban J connectivity index is 2.77. The molecule has 106 valence electrons. The fourth-order valence-electron chi connectivity index (χ4n) is 1.90. The van der Waals surface area contributed by atoms with Gasteiger partial charge in [-0.1, -0.05) is 6.92 Å². The molecule has 0 saturated heterocycles. The molecule has 1 heterocycles. The van der Waals surface area contributed by atoms with Gasteiger partial charge in [0.05, 0.1) is 6.61 Å². The molecule has 0 aliphatic heterocycles. The molecule has 5 nitrogen and oxygen atoms in total. The highest BCUT2D eigenvalue weighted by Crippen LogP contribution is 2.08. The number of likely N-dealkylation sites (N-methyl/N-ethyl adjacent to an activating group) is 1. The van der Waals surface area contributed by atoms with Crippen molar-refractivity contribution in [1.82, 2.24) is 9.47 Å². The number of amides is 1. The molecular formula is C14H22N2O3. The van der Waals surface area contributed by atoms with Gasteiger partial charge in [-0.15, -0.1) is 0 Å². The first-order valence-electron chi connectivity index (χ1n) is 6.74. The van der Waals surface area contributed by atoms with Crippen molar-refractivity contribution in [3.63, 3.8) is 0 Å². The van der Waals surface area contributed by atoms with E-state index in [2.05, 4.69) is 6.92 Å². The van der Waals surface area contributed by atoms with E-state index in [4.69, 9.17) is 4.74 Å². The van der Waals surface area contributed by atoms with Gasteiger partial charge in [0.25, 0.3) is 5.91 Å². The van der Waals surface area contributed by atoms with E-state index in [-0.39, 0.29) is 18.4 Å². The summed E-state index contributed by atoms with van der Waals surface area (Å²) in [5.74, 6) is -0.500. The number of aryl methyl sites for hydroxylation is 1. The molecule has 0 unspecified atom stereocenters. The van der Waals surface area contributed by atoms with Crippen molar-refractivity contribution in [3.05, 3.63) is 24.0 Å². The van der Waals surface area contributed by atoms with Crippen LogP contribution in [-0.2, 0) is 16.1 Å². The topological polar surface area (TPSA) is 51.5 Å². The Morgan fingerprint density at radius 2 is 2.05 bits per heavy atom. The first kappa shape index (κ1) is 15.3. The Kier molecular flexibility index (Phi) is 6.12. The third-order valence-electron chi connectivity index (χ3n) is 2.81. The number of carbonyl (C=O) groups excluding carboxylic acids is 2. The molecule has 0 bridgehead atoms. The van der Waals surface area contributed by atoms with Crippen molar-refractivity contribution >= 4 is 11.9 Å². The summed E-state index contributed by atoms with van der Waals surface area (Å²) in [6.45, 7) is 7.27. The lowest BCUT2D eigenvalue weighted by Gasteiger charge is -2.20. The first-order valence-corrected chi connectivity index (χ1v) is 6.74. The average Bonchev–Trinajstić information content (AvgIpc) is 2.84. The summed E-state index contributed by atoms with van der Waals surface area (Å²) in [6, 6.07) is 3.63. The molecule has 0 radical (unpaired) electrons. The average molecular weight is 266 g/mol. The summed E-state index contributed by atoms with van der Waals surface area (Å²) in [5, 5.41) is 0. The molecule has 0 atom stereocenters. The van der Waals surface area contributed by atoms with E-state index in [0.29, 0.717) is 18.8 Å². The number of esters is 1. The Bertz CT molecular complexity index is 426. The minimum Gasteiger partial charge on any atom is -0.465 e. The Morgan fingerprint density at radius 1 is 1.32 bits per heavy atom. The number of rotatable bonds is 7. The molecule has 0 aliphatic rings. The zero-order valence-electron chi connectivity index (χ0n) is 11.9. The van der Waals surface area contributed by atoms with E-state index in [0.717, 1.165) is 13.0 Å². The van der Waals surface area contributed by atoms with Crippen molar-refractivity contribution in [2.75, 3.05) is 19.7 Å². The zero-order chi connectivity index (χ0) is 14.3. The standard InChI is InChI=1S/C14H22N2O3/c1-4-9-16-10-7-8-12(16)14(18)15(5-2)11-13(17)19-6-3/h7-8,10H,4-6,9,11H2,1-3H3. The maximum absolute atomic E-state index is 12.4. The molecule has 1 rings (SSSR count). The molecule has 5 heteroatoms. The summed E-state index contributed by atoms with van der Waals surface area (Å²) in [7, 11) is 0. The number of carbonyl (C=O) groups is 2. The van der Waals surface area contributed by atoms with E-state index >= 15 is 0 Å². The largest absolute Gasteiger partial charge is 0.465 e. The zero-order valence-corrected chi connectivity index (χ0v) is 11.9. The quantitative estimate of drug-likeness (QED) is 0.708. The van der Waals surface area contributed by atoms with Crippen LogP contribution in [-0.4, -0.2) is 41.0 Å². The predicted molar refractivity (Wildman–Crippen MR) is 72.9 cm³/mol. The Morgan fingerprint density at radius 3 is 2.63 bits per heavy atom. The molecule has 0 saturated carbocycles. The van der Waals surface area contributed by atoms with Gasteiger partial charge in [-0.25, -0.2) is 0 Å². The van der Waals surface area contributed by atoms with Crippen molar-refractivity contribution < 1.29 is 14.3 Å². The van der Waals surface area contributed by atoms with Crippen LogP contribution in [0.15, 0.2) is 18.3 Å². The molecule has 1 amide bonds. The number of aromatic nitrogens is 1. The third kappa shape index (κ3) is 4.12. The van der Waals surface area contributed by atoms with Crippen LogP contribution in [0.25, 0.3) is 0 Å². The fourth-order valence-corrected chi connectivity index (χ4v) is 1.90. The second kappa shape index (κ2) is 7.61. The Labute approximate surface area is 114 Å². The van der Waals surface area contributed by atoms with Crippen LogP contribution in [0, 0.1) is 0 Å². The predicted octanol–water partition coefficient (Wildman–Crippen LogP) is 1.92. The lowest BCUT2D eigenvalue weighted by atomic mass is 10.3. The maximum Gasteiger partial charge on any atom is 0.325 e. The van der Waals surface area contributed by atoms with Gasteiger partial charge >= 0.3 is 5.97 Å². The second-order valence-corrected chi connectivity index (χ2v) is 4.21. The van der Waals surface area contributed by atoms with Crippen LogP contribution in [0.5, 0.6) is 0 Å². The molecular weight excluding hydrogens is 244 g/mol. The van der Waals surface area contributed by atoms with E-state index in [9.17, 15) is 9.59 Å². The van der Waals surface area contributed by atoms with Crippen molar-refractivity contribution in [2.45, 2.75) is 33.7 Å². The normalized spacial score (nSPS) is 10.3. The Hall–Kier alpha value is -1.78. The van der Waals surface area contributed by atoms with Crippen LogP contribution >= 0.6 is 0 Å². The van der Waals surface area contributed by atoms with Gasteiger partial charge in [0.2, 0.25) is 0 Å². The van der Waals surface area contributed by atoms with Gasteiger partial charge in [0.15, 0.2) is 0 Å². The minimum absolute atomic E-state index is 0.000475. The van der Waals surface area contributed by atoms with Crippen molar-refractivity contribution in [3.8, 4) is 0 Å². The molecule has 0 aliphatic carbocycles. The highest BCUT2D eigenvalue weighted by molar-refractivity contribution is 5.94. The summed E-state index contributed by atoms with van der Waals surface area (Å²) < 4.78 is 6.79. The highest BCUT2D eigenvalue weighted by Gasteiger charge is 2.20. The SMILES string of the molecule is CCCn1cccc1C(=O)N(CC)CC(=O)OCC. The number of hydrogen-bond acceptors (Lipinski definition) is 3. The van der Waals surface area contributed by atoms with Gasteiger partial charge in [0, 0.05) is 19.3 Å². The monoisotopic (exact) mass is 266 g/mol. The molecule has 0 spiro atoms. The molecule has 1 aromatic rings. The lowest BCUT2D eigenvalue weighted by Crippen LogP contribution is -2.37. The maximum atomic E-state index is 12.4. The van der Waals surface area contributed by atoms with E-state index < -0.39 is 0 Å². The molecule has 0 aromatic carbocycles. The van der Waals surface area contributed by atoms with Crippen LogP contribution in [0.1, 0.15) is 37.7 Å². The fraction of sp³-hybridized carbons (Fsp3) is 0.571. The molecule has 1 aromatic heterocycles. The van der Waals surface area contributed by atoms with Gasteiger partial charge in [-0.2, -0.15) is 0 Å². The summed E-state index contributed by atoms with van der Waals surface area (Å²) in [5.41, 5.74) is 0.619. The van der Waals surface area contributed by atoms with E-state index in [1.807, 2.05) is 23.8 Å². The van der Waals surface area contributed by atoms with E-state index in [1.54, 1.807) is 13.0 Å². The molecule has 0 N–H and O–H groups in total. The molecule has 0 fully saturated rings. The lowest BCUT2D eigenvalue weighted by molar-refractivity contribution is -0.143.